The van der Waals surface area contributed by atoms with Gasteiger partial charge in [-0.2, -0.15) is 0 Å². The lowest BCUT2D eigenvalue weighted by molar-refractivity contribution is 0.0944. The van der Waals surface area contributed by atoms with Crippen LogP contribution in [0.1, 0.15) is 60.1 Å². The second-order valence-electron chi connectivity index (χ2n) is 8.69. The molecule has 0 aliphatic carbocycles. The summed E-state index contributed by atoms with van der Waals surface area (Å²) in [5.74, 6) is 2.04. The summed E-state index contributed by atoms with van der Waals surface area (Å²) in [5.41, 5.74) is 3.43. The Balaban J connectivity index is 1.33. The first-order valence-corrected chi connectivity index (χ1v) is 11.2. The number of fused-ring (bicyclic) bond motifs is 1. The molecule has 4 rings (SSSR count). The minimum Gasteiger partial charge on any atom is -0.489 e. The van der Waals surface area contributed by atoms with Gasteiger partial charge in [0.1, 0.15) is 12.4 Å². The minimum absolute atomic E-state index is 0.0723. The first-order valence-electron chi connectivity index (χ1n) is 10.3. The lowest BCUT2D eigenvalue weighted by atomic mass is 9.86. The predicted molar refractivity (Wildman–Crippen MR) is 122 cm³/mol. The van der Waals surface area contributed by atoms with Crippen LogP contribution in [0.4, 0.5) is 0 Å². The number of carbonyl (C=O) groups excluding carboxylic acids is 1. The smallest absolute Gasteiger partial charge is 0.261 e. The van der Waals surface area contributed by atoms with Crippen LogP contribution in [0.2, 0.25) is 0 Å². The Hall–Kier alpha value is -2.99. The number of nitrogens with one attached hydrogen (secondary N) is 1. The number of ether oxygens (including phenoxy) is 3. The van der Waals surface area contributed by atoms with E-state index in [1.807, 2.05) is 36.6 Å². The van der Waals surface area contributed by atoms with E-state index in [1.54, 1.807) is 0 Å². The molecular weight excluding hydrogens is 410 g/mol. The van der Waals surface area contributed by atoms with E-state index in [-0.39, 0.29) is 24.2 Å². The van der Waals surface area contributed by atoms with Crippen LogP contribution in [0.25, 0.3) is 0 Å². The average Bonchev–Trinajstić information content (AvgIpc) is 3.40. The van der Waals surface area contributed by atoms with Crippen molar-refractivity contribution < 1.29 is 19.0 Å². The van der Waals surface area contributed by atoms with Crippen molar-refractivity contribution in [2.45, 2.75) is 45.8 Å². The summed E-state index contributed by atoms with van der Waals surface area (Å²) in [6.07, 6.45) is 0. The van der Waals surface area contributed by atoms with Gasteiger partial charge in [0.05, 0.1) is 10.9 Å². The maximum Gasteiger partial charge on any atom is 0.261 e. The quantitative estimate of drug-likeness (QED) is 0.526. The van der Waals surface area contributed by atoms with E-state index in [0.717, 1.165) is 16.9 Å². The Morgan fingerprint density at radius 3 is 2.58 bits per heavy atom. The second kappa shape index (κ2) is 8.63. The lowest BCUT2D eigenvalue weighted by Gasteiger charge is -2.20. The third-order valence-corrected chi connectivity index (χ3v) is 6.23. The summed E-state index contributed by atoms with van der Waals surface area (Å²) < 4.78 is 16.5. The van der Waals surface area contributed by atoms with Crippen molar-refractivity contribution in [3.63, 3.8) is 0 Å². The number of amides is 1. The number of thiophene rings is 1. The van der Waals surface area contributed by atoms with Crippen LogP contribution in [0.15, 0.2) is 53.9 Å². The summed E-state index contributed by atoms with van der Waals surface area (Å²) in [7, 11) is 0. The first kappa shape index (κ1) is 21.2. The van der Waals surface area contributed by atoms with Crippen LogP contribution >= 0.6 is 11.3 Å². The number of hydrogen-bond donors (Lipinski definition) is 1. The van der Waals surface area contributed by atoms with Crippen LogP contribution in [0.3, 0.4) is 0 Å². The molecule has 2 heterocycles. The summed E-state index contributed by atoms with van der Waals surface area (Å²) >= 11 is 1.42. The third kappa shape index (κ3) is 5.02. The molecule has 6 heteroatoms. The zero-order chi connectivity index (χ0) is 22.0. The van der Waals surface area contributed by atoms with Crippen LogP contribution < -0.4 is 19.5 Å². The van der Waals surface area contributed by atoms with Gasteiger partial charge in [0.15, 0.2) is 11.5 Å². The molecule has 31 heavy (non-hydrogen) atoms. The minimum atomic E-state index is -0.0771. The normalized spacial score (nSPS) is 13.7. The summed E-state index contributed by atoms with van der Waals surface area (Å²) in [4.78, 5) is 13.4. The van der Waals surface area contributed by atoms with Gasteiger partial charge in [-0.3, -0.25) is 4.79 Å². The fourth-order valence-corrected chi connectivity index (χ4v) is 4.13. The van der Waals surface area contributed by atoms with Crippen LogP contribution in [0.5, 0.6) is 17.2 Å². The molecule has 1 aromatic heterocycles. The van der Waals surface area contributed by atoms with Gasteiger partial charge in [0.25, 0.3) is 5.91 Å². The van der Waals surface area contributed by atoms with Gasteiger partial charge >= 0.3 is 0 Å². The number of rotatable bonds is 6. The molecule has 0 spiro atoms. The molecular formula is C25H27NO4S. The van der Waals surface area contributed by atoms with Gasteiger partial charge < -0.3 is 19.5 Å². The van der Waals surface area contributed by atoms with Crippen molar-refractivity contribution in [1.82, 2.24) is 5.32 Å². The molecule has 1 atom stereocenters. The highest BCUT2D eigenvalue weighted by molar-refractivity contribution is 7.12. The van der Waals surface area contributed by atoms with Crippen LogP contribution in [-0.2, 0) is 12.0 Å². The van der Waals surface area contributed by atoms with E-state index in [1.165, 1.54) is 16.9 Å². The Morgan fingerprint density at radius 1 is 1.10 bits per heavy atom. The van der Waals surface area contributed by atoms with Gasteiger partial charge in [0, 0.05) is 11.6 Å². The summed E-state index contributed by atoms with van der Waals surface area (Å²) in [6, 6.07) is 15.7. The Bertz CT molecular complexity index is 1070. The molecule has 1 amide bonds. The van der Waals surface area contributed by atoms with Crippen molar-refractivity contribution in [3.05, 3.63) is 75.5 Å². The predicted octanol–water partition coefficient (Wildman–Crippen LogP) is 5.84. The molecule has 2 aromatic carbocycles. The maximum atomic E-state index is 12.7. The highest BCUT2D eigenvalue weighted by Crippen LogP contribution is 2.35. The average molecular weight is 438 g/mol. The zero-order valence-corrected chi connectivity index (χ0v) is 19.0. The fraction of sp³-hybridized carbons (Fsp3) is 0.320. The van der Waals surface area contributed by atoms with Gasteiger partial charge in [-0.1, -0.05) is 45.0 Å². The van der Waals surface area contributed by atoms with Crippen LogP contribution in [0, 0.1) is 0 Å². The Labute approximate surface area is 187 Å². The molecule has 162 valence electrons. The number of hydrogen-bond acceptors (Lipinski definition) is 5. The molecule has 0 saturated carbocycles. The molecule has 0 saturated heterocycles. The first-order chi connectivity index (χ1) is 14.8. The lowest BCUT2D eigenvalue weighted by Crippen LogP contribution is -2.26. The maximum absolute atomic E-state index is 12.7. The van der Waals surface area contributed by atoms with Crippen molar-refractivity contribution in [2.75, 3.05) is 6.79 Å². The van der Waals surface area contributed by atoms with Crippen molar-refractivity contribution in [1.29, 1.82) is 0 Å². The van der Waals surface area contributed by atoms with Gasteiger partial charge in [-0.25, -0.2) is 0 Å². The number of benzene rings is 2. The SMILES string of the molecule is CC(NC(=O)c1cc(COc2ccc3c(c2)OCO3)cs1)c1ccc(C(C)(C)C)cc1. The van der Waals surface area contributed by atoms with E-state index in [0.29, 0.717) is 23.0 Å². The molecule has 1 N–H and O–H groups in total. The molecule has 3 aromatic rings. The van der Waals surface area contributed by atoms with Gasteiger partial charge in [0.2, 0.25) is 6.79 Å². The molecule has 0 radical (unpaired) electrons. The largest absolute Gasteiger partial charge is 0.489 e. The standard InChI is InChI=1S/C25H27NO4S/c1-16(18-5-7-19(8-6-18)25(2,3)4)26-24(27)23-11-17(14-31-23)13-28-20-9-10-21-22(12-20)30-15-29-21/h5-12,14,16H,13,15H2,1-4H3,(H,26,27). The molecule has 1 aliphatic heterocycles. The van der Waals surface area contributed by atoms with E-state index in [4.69, 9.17) is 14.2 Å². The topological polar surface area (TPSA) is 56.8 Å². The molecule has 1 aliphatic rings. The van der Waals surface area contributed by atoms with Gasteiger partial charge in [-0.15, -0.1) is 11.3 Å². The van der Waals surface area contributed by atoms with E-state index >= 15 is 0 Å². The Kier molecular flexibility index (Phi) is 5.92. The Morgan fingerprint density at radius 2 is 1.84 bits per heavy atom. The van der Waals surface area contributed by atoms with Crippen molar-refractivity contribution in [2.24, 2.45) is 0 Å². The molecule has 0 bridgehead atoms. The van der Waals surface area contributed by atoms with E-state index in [2.05, 4.69) is 50.4 Å². The second-order valence-corrected chi connectivity index (χ2v) is 9.60. The highest BCUT2D eigenvalue weighted by atomic mass is 32.1. The van der Waals surface area contributed by atoms with E-state index < -0.39 is 0 Å². The highest BCUT2D eigenvalue weighted by Gasteiger charge is 2.17. The van der Waals surface area contributed by atoms with E-state index in [9.17, 15) is 4.79 Å². The third-order valence-electron chi connectivity index (χ3n) is 5.25. The summed E-state index contributed by atoms with van der Waals surface area (Å²) in [6.45, 7) is 9.20. The van der Waals surface area contributed by atoms with Crippen molar-refractivity contribution in [3.8, 4) is 17.2 Å². The molecule has 5 nitrogen and oxygen atoms in total. The zero-order valence-electron chi connectivity index (χ0n) is 18.2. The molecule has 0 fully saturated rings. The monoisotopic (exact) mass is 437 g/mol. The molecule has 1 unspecified atom stereocenters. The summed E-state index contributed by atoms with van der Waals surface area (Å²) in [5, 5.41) is 5.04. The van der Waals surface area contributed by atoms with Gasteiger partial charge in [-0.05, 0) is 47.0 Å². The fourth-order valence-electron chi connectivity index (χ4n) is 3.33. The van der Waals surface area contributed by atoms with Crippen molar-refractivity contribution >= 4 is 17.2 Å². The van der Waals surface area contributed by atoms with Crippen LogP contribution in [-0.4, -0.2) is 12.7 Å². The number of carbonyl (C=O) groups is 1.